The van der Waals surface area contributed by atoms with Crippen molar-refractivity contribution in [1.29, 1.82) is 0 Å². The van der Waals surface area contributed by atoms with E-state index in [4.69, 9.17) is 4.98 Å². The summed E-state index contributed by atoms with van der Waals surface area (Å²) in [5.74, 6) is -0.132. The molecule has 0 saturated heterocycles. The van der Waals surface area contributed by atoms with E-state index in [1.54, 1.807) is 11.3 Å². The standard InChI is InChI=1S/C22H17BrN2OS/c1-13-6-3-4-7-18(13)25-22(26)17-12-19(20-8-5-9-27-20)24-21-14(2)10-15(23)11-16(17)21/h3-12H,1-2H3,(H,25,26). The number of hydrogen-bond donors (Lipinski definition) is 1. The summed E-state index contributed by atoms with van der Waals surface area (Å²) in [6, 6.07) is 17.7. The second kappa shape index (κ2) is 7.25. The van der Waals surface area contributed by atoms with Gasteiger partial charge < -0.3 is 5.32 Å². The maximum absolute atomic E-state index is 13.2. The number of hydrogen-bond acceptors (Lipinski definition) is 3. The van der Waals surface area contributed by atoms with Crippen molar-refractivity contribution in [2.24, 2.45) is 0 Å². The van der Waals surface area contributed by atoms with Crippen LogP contribution in [0.25, 0.3) is 21.5 Å². The van der Waals surface area contributed by atoms with E-state index in [9.17, 15) is 4.79 Å². The van der Waals surface area contributed by atoms with Crippen molar-refractivity contribution in [2.45, 2.75) is 13.8 Å². The van der Waals surface area contributed by atoms with E-state index in [1.165, 1.54) is 0 Å². The molecule has 1 N–H and O–H groups in total. The van der Waals surface area contributed by atoms with E-state index in [2.05, 4.69) is 21.2 Å². The second-order valence-electron chi connectivity index (χ2n) is 6.42. The predicted octanol–water partition coefficient (Wildman–Crippen LogP) is 6.59. The second-order valence-corrected chi connectivity index (χ2v) is 8.28. The summed E-state index contributed by atoms with van der Waals surface area (Å²) in [5.41, 5.74) is 5.16. The van der Waals surface area contributed by atoms with Gasteiger partial charge in [0, 0.05) is 15.5 Å². The Labute approximate surface area is 170 Å². The number of carbonyl (C=O) groups is 1. The van der Waals surface area contributed by atoms with Gasteiger partial charge in [-0.3, -0.25) is 4.79 Å². The first-order valence-corrected chi connectivity index (χ1v) is 10.2. The fraction of sp³-hybridized carbons (Fsp3) is 0.0909. The number of aryl methyl sites for hydroxylation is 2. The fourth-order valence-corrected chi connectivity index (χ4v) is 4.36. The lowest BCUT2D eigenvalue weighted by Gasteiger charge is -2.13. The Morgan fingerprint density at radius 2 is 1.85 bits per heavy atom. The number of fused-ring (bicyclic) bond motifs is 1. The molecule has 0 aliphatic heterocycles. The zero-order chi connectivity index (χ0) is 19.0. The molecule has 0 radical (unpaired) electrons. The first-order valence-electron chi connectivity index (χ1n) is 8.54. The summed E-state index contributed by atoms with van der Waals surface area (Å²) in [7, 11) is 0. The Bertz CT molecular complexity index is 1150. The molecule has 27 heavy (non-hydrogen) atoms. The van der Waals surface area contributed by atoms with Gasteiger partial charge in [0.2, 0.25) is 0 Å². The van der Waals surface area contributed by atoms with Gasteiger partial charge in [0.15, 0.2) is 0 Å². The lowest BCUT2D eigenvalue weighted by molar-refractivity contribution is 0.102. The molecule has 0 aliphatic rings. The number of rotatable bonds is 3. The van der Waals surface area contributed by atoms with Crippen molar-refractivity contribution in [1.82, 2.24) is 4.98 Å². The van der Waals surface area contributed by atoms with Crippen molar-refractivity contribution >= 4 is 49.8 Å². The van der Waals surface area contributed by atoms with Crippen LogP contribution in [0.15, 0.2) is 64.5 Å². The molecule has 4 aromatic rings. The van der Waals surface area contributed by atoms with Crippen molar-refractivity contribution < 1.29 is 4.79 Å². The van der Waals surface area contributed by atoms with Crippen LogP contribution in [0.2, 0.25) is 0 Å². The van der Waals surface area contributed by atoms with E-state index in [-0.39, 0.29) is 5.91 Å². The number of nitrogens with zero attached hydrogens (tertiary/aromatic N) is 1. The van der Waals surface area contributed by atoms with E-state index in [1.807, 2.05) is 73.8 Å². The molecule has 0 saturated carbocycles. The van der Waals surface area contributed by atoms with Crippen molar-refractivity contribution in [2.75, 3.05) is 5.32 Å². The monoisotopic (exact) mass is 436 g/mol. The Balaban J connectivity index is 1.89. The van der Waals surface area contributed by atoms with Crippen LogP contribution < -0.4 is 5.32 Å². The van der Waals surface area contributed by atoms with Gasteiger partial charge in [0.05, 0.1) is 21.7 Å². The molecule has 0 aliphatic carbocycles. The predicted molar refractivity (Wildman–Crippen MR) is 117 cm³/mol. The maximum Gasteiger partial charge on any atom is 0.256 e. The fourth-order valence-electron chi connectivity index (χ4n) is 3.10. The van der Waals surface area contributed by atoms with Gasteiger partial charge in [-0.2, -0.15) is 0 Å². The molecule has 0 spiro atoms. The third-order valence-corrected chi connectivity index (χ3v) is 5.83. The van der Waals surface area contributed by atoms with Crippen LogP contribution in [0, 0.1) is 13.8 Å². The van der Waals surface area contributed by atoms with Gasteiger partial charge in [0.1, 0.15) is 0 Å². The molecule has 3 nitrogen and oxygen atoms in total. The van der Waals surface area contributed by atoms with Gasteiger partial charge >= 0.3 is 0 Å². The molecule has 2 heterocycles. The summed E-state index contributed by atoms with van der Waals surface area (Å²) in [6.45, 7) is 4.00. The molecule has 5 heteroatoms. The Hall–Kier alpha value is -2.50. The molecule has 1 amide bonds. The van der Waals surface area contributed by atoms with Crippen LogP contribution in [-0.2, 0) is 0 Å². The van der Waals surface area contributed by atoms with E-state index >= 15 is 0 Å². The van der Waals surface area contributed by atoms with Crippen LogP contribution >= 0.6 is 27.3 Å². The minimum Gasteiger partial charge on any atom is -0.322 e. The highest BCUT2D eigenvalue weighted by atomic mass is 79.9. The van der Waals surface area contributed by atoms with Crippen LogP contribution in [0.3, 0.4) is 0 Å². The zero-order valence-corrected chi connectivity index (χ0v) is 17.3. The summed E-state index contributed by atoms with van der Waals surface area (Å²) in [4.78, 5) is 19.1. The van der Waals surface area contributed by atoms with Crippen molar-refractivity contribution in [3.8, 4) is 10.6 Å². The van der Waals surface area contributed by atoms with E-state index in [0.29, 0.717) is 5.56 Å². The number of thiophene rings is 1. The summed E-state index contributed by atoms with van der Waals surface area (Å²) < 4.78 is 0.933. The Kier molecular flexibility index (Phi) is 4.81. The van der Waals surface area contributed by atoms with E-state index in [0.717, 1.165) is 42.8 Å². The first-order chi connectivity index (χ1) is 13.0. The lowest BCUT2D eigenvalue weighted by Crippen LogP contribution is -2.14. The van der Waals surface area contributed by atoms with E-state index < -0.39 is 0 Å². The highest BCUT2D eigenvalue weighted by Gasteiger charge is 2.17. The Morgan fingerprint density at radius 1 is 1.04 bits per heavy atom. The average molecular weight is 437 g/mol. The number of carbonyl (C=O) groups excluding carboxylic acids is 1. The number of amides is 1. The molecule has 134 valence electrons. The summed E-state index contributed by atoms with van der Waals surface area (Å²) in [5, 5.41) is 5.91. The van der Waals surface area contributed by atoms with Gasteiger partial charge in [-0.15, -0.1) is 11.3 Å². The van der Waals surface area contributed by atoms with Crippen LogP contribution in [0.1, 0.15) is 21.5 Å². The molecular weight excluding hydrogens is 420 g/mol. The molecule has 0 atom stereocenters. The molecule has 0 unspecified atom stereocenters. The molecule has 0 bridgehead atoms. The number of pyridine rings is 1. The minimum atomic E-state index is -0.132. The number of halogens is 1. The third kappa shape index (κ3) is 3.53. The quantitative estimate of drug-likeness (QED) is 0.393. The zero-order valence-electron chi connectivity index (χ0n) is 14.9. The first kappa shape index (κ1) is 17.9. The summed E-state index contributed by atoms with van der Waals surface area (Å²) >= 11 is 5.16. The smallest absolute Gasteiger partial charge is 0.256 e. The van der Waals surface area contributed by atoms with Gasteiger partial charge in [-0.1, -0.05) is 40.2 Å². The lowest BCUT2D eigenvalue weighted by atomic mass is 10.0. The average Bonchev–Trinajstić information content (AvgIpc) is 3.17. The number of benzene rings is 2. The maximum atomic E-state index is 13.2. The summed E-state index contributed by atoms with van der Waals surface area (Å²) in [6.07, 6.45) is 0. The third-order valence-electron chi connectivity index (χ3n) is 4.48. The van der Waals surface area contributed by atoms with Crippen molar-refractivity contribution in [3.63, 3.8) is 0 Å². The SMILES string of the molecule is Cc1ccccc1NC(=O)c1cc(-c2cccs2)nc2c(C)cc(Br)cc12. The van der Waals surface area contributed by atoms with Crippen LogP contribution in [0.4, 0.5) is 5.69 Å². The normalized spacial score (nSPS) is 10.9. The number of para-hydroxylation sites is 1. The Morgan fingerprint density at radius 3 is 2.59 bits per heavy atom. The topological polar surface area (TPSA) is 42.0 Å². The molecular formula is C22H17BrN2OS. The van der Waals surface area contributed by atoms with Gasteiger partial charge in [-0.05, 0) is 60.7 Å². The number of anilines is 1. The van der Waals surface area contributed by atoms with Crippen molar-refractivity contribution in [3.05, 3.63) is 81.1 Å². The molecule has 2 aromatic heterocycles. The van der Waals surface area contributed by atoms with Crippen LogP contribution in [0.5, 0.6) is 0 Å². The van der Waals surface area contributed by atoms with Gasteiger partial charge in [-0.25, -0.2) is 4.98 Å². The molecule has 4 rings (SSSR count). The minimum absolute atomic E-state index is 0.132. The highest BCUT2D eigenvalue weighted by Crippen LogP contribution is 2.31. The van der Waals surface area contributed by atoms with Gasteiger partial charge in [0.25, 0.3) is 5.91 Å². The number of nitrogens with one attached hydrogen (secondary N) is 1. The number of aromatic nitrogens is 1. The molecule has 0 fully saturated rings. The molecule has 2 aromatic carbocycles. The largest absolute Gasteiger partial charge is 0.322 e. The highest BCUT2D eigenvalue weighted by molar-refractivity contribution is 9.10. The van der Waals surface area contributed by atoms with Crippen LogP contribution in [-0.4, -0.2) is 10.9 Å².